The van der Waals surface area contributed by atoms with Crippen molar-refractivity contribution in [2.45, 2.75) is 6.92 Å². The molecule has 1 fully saturated rings. The van der Waals surface area contributed by atoms with E-state index < -0.39 is 16.4 Å². The van der Waals surface area contributed by atoms with Gasteiger partial charge >= 0.3 is 5.69 Å². The summed E-state index contributed by atoms with van der Waals surface area (Å²) in [6.45, 7) is 4.43. The molecule has 0 aliphatic carbocycles. The van der Waals surface area contributed by atoms with Gasteiger partial charge in [-0.1, -0.05) is 35.9 Å². The molecule has 3 rings (SSSR count). The summed E-state index contributed by atoms with van der Waals surface area (Å²) in [6, 6.07) is 12.8. The first kappa shape index (κ1) is 17.7. The number of morpholine rings is 1. The van der Waals surface area contributed by atoms with Gasteiger partial charge in [-0.3, -0.25) is 10.1 Å². The number of nitrogens with two attached hydrogens (primary N) is 1. The Morgan fingerprint density at radius 1 is 1.21 bits per heavy atom. The van der Waals surface area contributed by atoms with Crippen molar-refractivity contribution in [3.05, 3.63) is 64.0 Å². The maximum Gasteiger partial charge on any atom is 0.327 e. The van der Waals surface area contributed by atoms with Crippen molar-refractivity contribution in [3.8, 4) is 0 Å². The number of nitro benzene ring substituents is 1. The summed E-state index contributed by atoms with van der Waals surface area (Å²) in [7, 11) is 0. The van der Waals surface area contributed by atoms with Crippen molar-refractivity contribution in [2.24, 2.45) is 0 Å². The fraction of sp³-hybridized carbons (Fsp3) is 0.294. The largest absolute Gasteiger partial charge is 0.393 e. The highest BCUT2D eigenvalue weighted by Gasteiger charge is 2.22. The number of nitrogen functional groups attached to an aromatic ring is 1. The molecule has 24 heavy (non-hydrogen) atoms. The molecule has 1 saturated heterocycles. The summed E-state index contributed by atoms with van der Waals surface area (Å²) in [5, 5.41) is 10.6. The summed E-state index contributed by atoms with van der Waals surface area (Å²) >= 11 is 0. The number of nitrogens with zero attached hydrogens (tertiary/aromatic N) is 2. The number of aryl methyl sites for hydroxylation is 1. The molecule has 2 aromatic carbocycles. The maximum atomic E-state index is 13.5. The van der Waals surface area contributed by atoms with Gasteiger partial charge in [-0.2, -0.15) is 4.39 Å². The lowest BCUT2D eigenvalue weighted by atomic mass is 10.2. The van der Waals surface area contributed by atoms with E-state index >= 15 is 0 Å². The Labute approximate surface area is 139 Å². The highest BCUT2D eigenvalue weighted by Crippen LogP contribution is 2.30. The molecule has 128 valence electrons. The standard InChI is InChI=1S/C10H12FN3O3.C7H8/c11-8-5-7(13-1-3-17-4-2-13)6-9(12)10(8)14(15)16;1-7-5-3-2-4-6-7/h5-6H,1-4,12H2;2-6H,1H3. The van der Waals surface area contributed by atoms with Crippen LogP contribution in [0.15, 0.2) is 42.5 Å². The number of ether oxygens (including phenoxy) is 1. The molecule has 1 aliphatic rings. The van der Waals surface area contributed by atoms with Gasteiger partial charge in [-0.25, -0.2) is 0 Å². The number of halogens is 1. The van der Waals surface area contributed by atoms with Crippen LogP contribution in [0.2, 0.25) is 0 Å². The van der Waals surface area contributed by atoms with Crippen LogP contribution in [0.3, 0.4) is 0 Å². The normalized spacial score (nSPS) is 13.8. The lowest BCUT2D eigenvalue weighted by Gasteiger charge is -2.28. The van der Waals surface area contributed by atoms with E-state index in [9.17, 15) is 14.5 Å². The van der Waals surface area contributed by atoms with Crippen molar-refractivity contribution in [1.82, 2.24) is 0 Å². The highest BCUT2D eigenvalue weighted by atomic mass is 19.1. The Kier molecular flexibility index (Phi) is 6.08. The monoisotopic (exact) mass is 333 g/mol. The number of benzene rings is 2. The van der Waals surface area contributed by atoms with Gasteiger partial charge in [0.2, 0.25) is 5.82 Å². The van der Waals surface area contributed by atoms with E-state index in [4.69, 9.17) is 10.5 Å². The lowest BCUT2D eigenvalue weighted by molar-refractivity contribution is -0.386. The minimum Gasteiger partial charge on any atom is -0.393 e. The second kappa shape index (κ2) is 8.26. The van der Waals surface area contributed by atoms with Gasteiger partial charge in [0.05, 0.1) is 18.1 Å². The summed E-state index contributed by atoms with van der Waals surface area (Å²) < 4.78 is 18.7. The molecule has 0 amide bonds. The zero-order valence-electron chi connectivity index (χ0n) is 13.4. The first-order valence-corrected chi connectivity index (χ1v) is 7.57. The molecule has 7 heteroatoms. The van der Waals surface area contributed by atoms with Crippen LogP contribution >= 0.6 is 0 Å². The average Bonchev–Trinajstić information content (AvgIpc) is 2.56. The van der Waals surface area contributed by atoms with Crippen LogP contribution in [0, 0.1) is 22.9 Å². The molecule has 2 aromatic rings. The van der Waals surface area contributed by atoms with E-state index in [-0.39, 0.29) is 5.69 Å². The van der Waals surface area contributed by atoms with Gasteiger partial charge in [0.25, 0.3) is 0 Å². The van der Waals surface area contributed by atoms with Gasteiger partial charge in [0.1, 0.15) is 5.69 Å². The molecule has 1 aliphatic heterocycles. The van der Waals surface area contributed by atoms with Gasteiger partial charge in [0, 0.05) is 24.8 Å². The first-order chi connectivity index (χ1) is 11.5. The number of anilines is 2. The van der Waals surface area contributed by atoms with Crippen LogP contribution in [0.4, 0.5) is 21.5 Å². The van der Waals surface area contributed by atoms with Crippen molar-refractivity contribution in [2.75, 3.05) is 36.9 Å². The first-order valence-electron chi connectivity index (χ1n) is 7.57. The van der Waals surface area contributed by atoms with Crippen molar-refractivity contribution >= 4 is 17.1 Å². The third kappa shape index (κ3) is 4.66. The molecule has 0 spiro atoms. The molecule has 2 N–H and O–H groups in total. The molecule has 0 bridgehead atoms. The summed E-state index contributed by atoms with van der Waals surface area (Å²) in [6.07, 6.45) is 0. The van der Waals surface area contributed by atoms with Gasteiger partial charge in [-0.15, -0.1) is 0 Å². The highest BCUT2D eigenvalue weighted by molar-refractivity contribution is 5.67. The second-order valence-corrected chi connectivity index (χ2v) is 5.38. The zero-order valence-corrected chi connectivity index (χ0v) is 13.4. The molecular formula is C17H20FN3O3. The van der Waals surface area contributed by atoms with Crippen LogP contribution in [0.25, 0.3) is 0 Å². The maximum absolute atomic E-state index is 13.5. The van der Waals surface area contributed by atoms with Crippen LogP contribution in [-0.4, -0.2) is 31.2 Å². The fourth-order valence-corrected chi connectivity index (χ4v) is 2.34. The predicted molar refractivity (Wildman–Crippen MR) is 91.7 cm³/mol. The van der Waals surface area contributed by atoms with Crippen LogP contribution in [-0.2, 0) is 4.74 Å². The molecule has 0 unspecified atom stereocenters. The van der Waals surface area contributed by atoms with Crippen molar-refractivity contribution in [1.29, 1.82) is 0 Å². The van der Waals surface area contributed by atoms with E-state index in [2.05, 4.69) is 19.1 Å². The van der Waals surface area contributed by atoms with Crippen LogP contribution in [0.1, 0.15) is 5.56 Å². The number of rotatable bonds is 2. The molecule has 0 aromatic heterocycles. The molecule has 6 nitrogen and oxygen atoms in total. The van der Waals surface area contributed by atoms with E-state index in [1.54, 1.807) is 0 Å². The van der Waals surface area contributed by atoms with Crippen LogP contribution < -0.4 is 10.6 Å². The van der Waals surface area contributed by atoms with E-state index in [1.165, 1.54) is 11.6 Å². The van der Waals surface area contributed by atoms with Crippen LogP contribution in [0.5, 0.6) is 0 Å². The summed E-state index contributed by atoms with van der Waals surface area (Å²) in [4.78, 5) is 11.7. The van der Waals surface area contributed by atoms with Gasteiger partial charge in [-0.05, 0) is 13.0 Å². The fourth-order valence-electron chi connectivity index (χ4n) is 2.34. The lowest BCUT2D eigenvalue weighted by Crippen LogP contribution is -2.36. The van der Waals surface area contributed by atoms with Crippen molar-refractivity contribution in [3.63, 3.8) is 0 Å². The predicted octanol–water partition coefficient (Wildman–Crippen LogP) is 3.15. The van der Waals surface area contributed by atoms with E-state index in [0.717, 1.165) is 6.07 Å². The number of nitro groups is 1. The summed E-state index contributed by atoms with van der Waals surface area (Å²) in [5.74, 6) is -0.906. The van der Waals surface area contributed by atoms with E-state index in [1.807, 2.05) is 23.1 Å². The quantitative estimate of drug-likeness (QED) is 0.519. The van der Waals surface area contributed by atoms with Crippen molar-refractivity contribution < 1.29 is 14.1 Å². The third-order valence-electron chi connectivity index (χ3n) is 3.58. The Hall–Kier alpha value is -2.67. The Morgan fingerprint density at radius 3 is 2.29 bits per heavy atom. The zero-order chi connectivity index (χ0) is 17.5. The van der Waals surface area contributed by atoms with Gasteiger partial charge < -0.3 is 15.4 Å². The molecule has 0 saturated carbocycles. The average molecular weight is 333 g/mol. The molecule has 1 heterocycles. The smallest absolute Gasteiger partial charge is 0.327 e. The molecular weight excluding hydrogens is 313 g/mol. The number of hydrogen-bond acceptors (Lipinski definition) is 5. The second-order valence-electron chi connectivity index (χ2n) is 5.38. The Balaban J connectivity index is 0.000000249. The topological polar surface area (TPSA) is 81.6 Å². The summed E-state index contributed by atoms with van der Waals surface area (Å²) in [5.41, 5.74) is 6.54. The molecule has 0 atom stereocenters. The number of hydrogen-bond donors (Lipinski definition) is 1. The minimum absolute atomic E-state index is 0.156. The third-order valence-corrected chi connectivity index (χ3v) is 3.58. The Bertz CT molecular complexity index is 666. The molecule has 0 radical (unpaired) electrons. The minimum atomic E-state index is -0.906. The van der Waals surface area contributed by atoms with E-state index in [0.29, 0.717) is 32.0 Å². The van der Waals surface area contributed by atoms with Gasteiger partial charge in [0.15, 0.2) is 0 Å². The SMILES string of the molecule is Cc1ccccc1.Nc1cc(N2CCOCC2)cc(F)c1[N+](=O)[O-]. The Morgan fingerprint density at radius 2 is 1.83 bits per heavy atom.